The average molecular weight is 490 g/mol. The van der Waals surface area contributed by atoms with Crippen LogP contribution in [0.1, 0.15) is 53.5 Å². The number of carbonyl (C=O) groups excluding carboxylic acids is 4. The Morgan fingerprint density at radius 1 is 0.912 bits per heavy atom. The molecule has 0 spiro atoms. The van der Waals surface area contributed by atoms with E-state index in [1.165, 1.54) is 41.5 Å². The molecule has 1 aromatic rings. The molecule has 0 fully saturated rings. The summed E-state index contributed by atoms with van der Waals surface area (Å²) in [5.74, 6) is -1.84. The van der Waals surface area contributed by atoms with E-state index < -0.39 is 54.5 Å². The molecule has 1 aromatic carbocycles. The van der Waals surface area contributed by atoms with Crippen LogP contribution in [0.15, 0.2) is 30.3 Å². The number of imide groups is 1. The standard InChI is InChI=1S/C22H32N2O9.Na/c1-21(2,3)32-19(29)24(20(30)33-22(4,5)6)23(16(12-13-25)17(26)27)18(28)31-14-15-10-8-7-9-11-15;/h7-11,16,25H,12-14H2,1-6H3,(H,26,27);/q;+1/p-1/t16-;/m0./s1. The van der Waals surface area contributed by atoms with Gasteiger partial charge in [-0.1, -0.05) is 30.3 Å². The molecule has 0 heterocycles. The molecule has 0 radical (unpaired) electrons. The fraction of sp³-hybridized carbons (Fsp3) is 0.545. The molecule has 1 N–H and O–H groups in total. The van der Waals surface area contributed by atoms with Crippen LogP contribution in [0.3, 0.4) is 0 Å². The summed E-state index contributed by atoms with van der Waals surface area (Å²) in [5, 5.41) is 21.5. The molecule has 0 saturated heterocycles. The van der Waals surface area contributed by atoms with Crippen molar-refractivity contribution in [1.29, 1.82) is 0 Å². The third-order valence-electron chi connectivity index (χ3n) is 3.71. The second kappa shape index (κ2) is 13.5. The molecule has 0 saturated carbocycles. The van der Waals surface area contributed by atoms with Gasteiger partial charge in [-0.15, -0.1) is 5.01 Å². The van der Waals surface area contributed by atoms with E-state index >= 15 is 0 Å². The van der Waals surface area contributed by atoms with Crippen LogP contribution >= 0.6 is 0 Å². The van der Waals surface area contributed by atoms with E-state index in [9.17, 15) is 29.4 Å². The van der Waals surface area contributed by atoms with Crippen LogP contribution in [-0.4, -0.2) is 63.2 Å². The van der Waals surface area contributed by atoms with Crippen molar-refractivity contribution in [2.75, 3.05) is 6.61 Å². The molecule has 1 rings (SSSR count). The number of aliphatic hydroxyl groups is 1. The van der Waals surface area contributed by atoms with Gasteiger partial charge < -0.3 is 29.2 Å². The number of benzene rings is 1. The van der Waals surface area contributed by atoms with Crippen LogP contribution < -0.4 is 34.7 Å². The zero-order valence-electron chi connectivity index (χ0n) is 20.7. The number of carboxylic acid groups (broad SMARTS) is 1. The number of rotatable bonds is 6. The molecule has 0 aliphatic carbocycles. The van der Waals surface area contributed by atoms with E-state index in [2.05, 4.69) is 0 Å². The molecular formula is C22H31N2NaO9. The van der Waals surface area contributed by atoms with Gasteiger partial charge in [0.05, 0.1) is 12.0 Å². The summed E-state index contributed by atoms with van der Waals surface area (Å²) in [6.45, 7) is 8.10. The molecule has 12 heteroatoms. The first-order chi connectivity index (χ1) is 15.2. The van der Waals surface area contributed by atoms with Gasteiger partial charge in [0.15, 0.2) is 0 Å². The van der Waals surface area contributed by atoms with Crippen molar-refractivity contribution in [2.45, 2.75) is 71.8 Å². The van der Waals surface area contributed by atoms with E-state index in [-0.39, 0.29) is 46.2 Å². The second-order valence-electron chi connectivity index (χ2n) is 9.00. The smallest absolute Gasteiger partial charge is 0.548 e. The number of aliphatic hydroxyl groups excluding tert-OH is 1. The number of aliphatic carboxylic acids is 1. The van der Waals surface area contributed by atoms with Crippen molar-refractivity contribution >= 4 is 24.2 Å². The number of hydrazine groups is 1. The van der Waals surface area contributed by atoms with Crippen molar-refractivity contribution in [3.8, 4) is 0 Å². The topological polar surface area (TPSA) is 146 Å². The molecule has 11 nitrogen and oxygen atoms in total. The second-order valence-corrected chi connectivity index (χ2v) is 9.00. The van der Waals surface area contributed by atoms with Gasteiger partial charge in [0, 0.05) is 6.61 Å². The summed E-state index contributed by atoms with van der Waals surface area (Å²) >= 11 is 0. The van der Waals surface area contributed by atoms with Gasteiger partial charge in [-0.2, -0.15) is 5.01 Å². The number of hydrogen-bond acceptors (Lipinski definition) is 9. The Labute approximate surface area is 221 Å². The molecule has 1 atom stereocenters. The van der Waals surface area contributed by atoms with Crippen molar-refractivity contribution in [2.24, 2.45) is 0 Å². The Kier molecular flexibility index (Phi) is 12.6. The first-order valence-corrected chi connectivity index (χ1v) is 10.2. The molecular weight excluding hydrogens is 459 g/mol. The van der Waals surface area contributed by atoms with Crippen molar-refractivity contribution in [1.82, 2.24) is 10.0 Å². The Bertz CT molecular complexity index is 807. The number of hydrogen-bond donors (Lipinski definition) is 1. The fourth-order valence-corrected chi connectivity index (χ4v) is 2.46. The molecule has 184 valence electrons. The average Bonchev–Trinajstić information content (AvgIpc) is 2.66. The molecule has 0 unspecified atom stereocenters. The van der Waals surface area contributed by atoms with Crippen molar-refractivity contribution in [3.63, 3.8) is 0 Å². The summed E-state index contributed by atoms with van der Waals surface area (Å²) in [7, 11) is 0. The quantitative estimate of drug-likeness (QED) is 0.308. The summed E-state index contributed by atoms with van der Waals surface area (Å²) in [4.78, 5) is 50.7. The van der Waals surface area contributed by atoms with Gasteiger partial charge in [0.25, 0.3) is 0 Å². The van der Waals surface area contributed by atoms with Gasteiger partial charge in [-0.05, 0) is 53.5 Å². The van der Waals surface area contributed by atoms with Crippen molar-refractivity contribution in [3.05, 3.63) is 35.9 Å². The fourth-order valence-electron chi connectivity index (χ4n) is 2.46. The Balaban J connectivity index is 0.0000109. The molecule has 0 bridgehead atoms. The van der Waals surface area contributed by atoms with Gasteiger partial charge in [0.2, 0.25) is 0 Å². The van der Waals surface area contributed by atoms with Gasteiger partial charge >= 0.3 is 47.8 Å². The van der Waals surface area contributed by atoms with E-state index in [1.54, 1.807) is 30.3 Å². The summed E-state index contributed by atoms with van der Waals surface area (Å²) in [6.07, 6.45) is -4.68. The minimum absolute atomic E-state index is 0. The zero-order chi connectivity index (χ0) is 25.4. The summed E-state index contributed by atoms with van der Waals surface area (Å²) in [5.41, 5.74) is -1.64. The van der Waals surface area contributed by atoms with E-state index in [4.69, 9.17) is 14.2 Å². The van der Waals surface area contributed by atoms with Crippen LogP contribution in [0, 0.1) is 0 Å². The number of amides is 3. The maximum Gasteiger partial charge on any atom is 1.00 e. The number of carboxylic acids is 1. The third kappa shape index (κ3) is 10.7. The molecule has 0 aliphatic heterocycles. The molecule has 34 heavy (non-hydrogen) atoms. The summed E-state index contributed by atoms with van der Waals surface area (Å²) < 4.78 is 15.6. The van der Waals surface area contributed by atoms with Crippen LogP contribution in [0.4, 0.5) is 14.4 Å². The minimum atomic E-state index is -1.95. The molecule has 3 amide bonds. The van der Waals surface area contributed by atoms with E-state index in [1.807, 2.05) is 0 Å². The normalized spacial score (nSPS) is 12.0. The van der Waals surface area contributed by atoms with E-state index in [0.29, 0.717) is 5.56 Å². The van der Waals surface area contributed by atoms with Crippen LogP contribution in [-0.2, 0) is 25.6 Å². The minimum Gasteiger partial charge on any atom is -0.548 e. The van der Waals surface area contributed by atoms with Crippen LogP contribution in [0.5, 0.6) is 0 Å². The Morgan fingerprint density at radius 2 is 1.38 bits per heavy atom. The predicted octanol–water partition coefficient (Wildman–Crippen LogP) is -0.783. The number of nitrogens with zero attached hydrogens (tertiary/aromatic N) is 2. The number of ether oxygens (including phenoxy) is 3. The first kappa shape index (κ1) is 31.7. The van der Waals surface area contributed by atoms with Gasteiger partial charge in [-0.25, -0.2) is 14.4 Å². The largest absolute Gasteiger partial charge is 1.00 e. The predicted molar refractivity (Wildman–Crippen MR) is 113 cm³/mol. The number of carbonyl (C=O) groups is 4. The summed E-state index contributed by atoms with van der Waals surface area (Å²) in [6, 6.07) is 6.51. The Morgan fingerprint density at radius 3 is 1.76 bits per heavy atom. The maximum absolute atomic E-state index is 13.0. The van der Waals surface area contributed by atoms with Crippen LogP contribution in [0.25, 0.3) is 0 Å². The Hall–Kier alpha value is -2.34. The first-order valence-electron chi connectivity index (χ1n) is 10.2. The van der Waals surface area contributed by atoms with Gasteiger partial charge in [-0.3, -0.25) is 0 Å². The monoisotopic (exact) mass is 490 g/mol. The van der Waals surface area contributed by atoms with Crippen molar-refractivity contribution < 1.29 is 73.2 Å². The molecule has 0 aromatic heterocycles. The third-order valence-corrected chi connectivity index (χ3v) is 3.71. The maximum atomic E-state index is 13.0. The van der Waals surface area contributed by atoms with E-state index in [0.717, 1.165) is 0 Å². The SMILES string of the molecule is CC(C)(C)OC(=O)N(C(=O)OC(C)(C)C)N(C(=O)OCc1ccccc1)[C@@H](CCO)C(=O)[O-].[Na+]. The molecule has 0 aliphatic rings. The van der Waals surface area contributed by atoms with Crippen LogP contribution in [0.2, 0.25) is 0 Å². The van der Waals surface area contributed by atoms with Gasteiger partial charge in [0.1, 0.15) is 17.8 Å². The zero-order valence-corrected chi connectivity index (χ0v) is 22.7.